The van der Waals surface area contributed by atoms with Gasteiger partial charge in [0.1, 0.15) is 23.2 Å². The van der Waals surface area contributed by atoms with Crippen LogP contribution < -0.4 is 5.32 Å². The fraction of sp³-hybridized carbons (Fsp3) is 0.200. The van der Waals surface area contributed by atoms with Crippen molar-refractivity contribution in [3.63, 3.8) is 0 Å². The average molecular weight is 487 g/mol. The number of benzene rings is 3. The molecule has 180 valence electrons. The monoisotopic (exact) mass is 487 g/mol. The Hall–Kier alpha value is -3.95. The molecule has 3 aromatic carbocycles. The second-order valence-electron chi connectivity index (χ2n) is 8.18. The lowest BCUT2D eigenvalue weighted by atomic mass is 9.99. The molecule has 1 aliphatic rings. The van der Waals surface area contributed by atoms with E-state index in [2.05, 4.69) is 10.3 Å². The van der Waals surface area contributed by atoms with E-state index in [1.54, 1.807) is 6.07 Å². The fourth-order valence-corrected chi connectivity index (χ4v) is 4.28. The number of likely N-dealkylation sites (tertiary alicyclic amines) is 1. The van der Waals surface area contributed by atoms with Gasteiger partial charge in [-0.3, -0.25) is 0 Å². The van der Waals surface area contributed by atoms with Gasteiger partial charge in [-0.15, -0.1) is 0 Å². The molecule has 0 bridgehead atoms. The van der Waals surface area contributed by atoms with E-state index in [0.717, 1.165) is 18.2 Å². The molecular weight excluding hydrogens is 469 g/mol. The lowest BCUT2D eigenvalue weighted by Gasteiger charge is -2.22. The van der Waals surface area contributed by atoms with Crippen LogP contribution in [-0.2, 0) is 6.18 Å². The number of alkyl halides is 3. The highest BCUT2D eigenvalue weighted by atomic mass is 19.4. The van der Waals surface area contributed by atoms with Gasteiger partial charge in [-0.1, -0.05) is 24.3 Å². The number of nitrogens with one attached hydrogen (secondary N) is 1. The van der Waals surface area contributed by atoms with E-state index in [4.69, 9.17) is 4.42 Å². The van der Waals surface area contributed by atoms with Gasteiger partial charge in [0, 0.05) is 12.6 Å². The first-order chi connectivity index (χ1) is 16.7. The predicted octanol–water partition coefficient (Wildman–Crippen LogP) is 7.16. The number of hydrogen-bond acceptors (Lipinski definition) is 3. The van der Waals surface area contributed by atoms with E-state index in [9.17, 15) is 26.7 Å². The summed E-state index contributed by atoms with van der Waals surface area (Å²) in [7, 11) is 0. The number of nitrogens with zero attached hydrogens (tertiary/aromatic N) is 2. The van der Waals surface area contributed by atoms with Gasteiger partial charge in [0.2, 0.25) is 5.89 Å². The molecule has 0 radical (unpaired) electrons. The Bertz CT molecular complexity index is 1420. The van der Waals surface area contributed by atoms with E-state index in [-0.39, 0.29) is 17.1 Å². The number of rotatable bonds is 3. The Kier molecular flexibility index (Phi) is 5.66. The van der Waals surface area contributed by atoms with Crippen LogP contribution >= 0.6 is 0 Å². The molecule has 5 nitrogen and oxygen atoms in total. The molecule has 1 aliphatic heterocycles. The van der Waals surface area contributed by atoms with Crippen molar-refractivity contribution in [1.82, 2.24) is 9.88 Å². The first-order valence-electron chi connectivity index (χ1n) is 10.8. The lowest BCUT2D eigenvalue weighted by Crippen LogP contribution is -2.34. The average Bonchev–Trinajstić information content (AvgIpc) is 3.46. The van der Waals surface area contributed by atoms with Crippen molar-refractivity contribution in [2.75, 3.05) is 11.9 Å². The summed E-state index contributed by atoms with van der Waals surface area (Å²) in [5, 5.41) is 2.43. The third-order valence-electron chi connectivity index (χ3n) is 5.92. The number of fused-ring (bicyclic) bond motifs is 1. The van der Waals surface area contributed by atoms with E-state index in [1.807, 2.05) is 0 Å². The fourth-order valence-electron chi connectivity index (χ4n) is 4.28. The summed E-state index contributed by atoms with van der Waals surface area (Å²) in [5.74, 6) is -1.43. The van der Waals surface area contributed by atoms with E-state index in [1.165, 1.54) is 35.2 Å². The number of carbonyl (C=O) groups is 1. The van der Waals surface area contributed by atoms with Gasteiger partial charge in [-0.05, 0) is 54.3 Å². The molecule has 35 heavy (non-hydrogen) atoms. The van der Waals surface area contributed by atoms with Gasteiger partial charge in [0.15, 0.2) is 5.58 Å². The predicted molar refractivity (Wildman–Crippen MR) is 119 cm³/mol. The van der Waals surface area contributed by atoms with Gasteiger partial charge in [-0.25, -0.2) is 18.6 Å². The van der Waals surface area contributed by atoms with Crippen LogP contribution in [0, 0.1) is 11.6 Å². The molecular formula is C25H18F5N3O2. The lowest BCUT2D eigenvalue weighted by molar-refractivity contribution is -0.137. The van der Waals surface area contributed by atoms with Crippen LogP contribution in [-0.4, -0.2) is 22.5 Å². The summed E-state index contributed by atoms with van der Waals surface area (Å²) in [6.07, 6.45) is -3.33. The summed E-state index contributed by atoms with van der Waals surface area (Å²) in [5.41, 5.74) is 0.159. The number of carbonyl (C=O) groups excluding carboxylic acids is 1. The van der Waals surface area contributed by atoms with Gasteiger partial charge in [-0.2, -0.15) is 13.2 Å². The van der Waals surface area contributed by atoms with Gasteiger partial charge in [0.05, 0.1) is 11.3 Å². The zero-order valence-corrected chi connectivity index (χ0v) is 18.1. The molecule has 0 spiro atoms. The Labute approximate surface area is 196 Å². The van der Waals surface area contributed by atoms with Crippen molar-refractivity contribution >= 4 is 22.8 Å². The zero-order chi connectivity index (χ0) is 24.7. The Morgan fingerprint density at radius 1 is 1.06 bits per heavy atom. The second kappa shape index (κ2) is 8.68. The molecule has 5 rings (SSSR count). The first-order valence-corrected chi connectivity index (χ1v) is 10.8. The van der Waals surface area contributed by atoms with Crippen molar-refractivity contribution in [2.24, 2.45) is 0 Å². The minimum Gasteiger partial charge on any atom is -0.438 e. The highest BCUT2D eigenvalue weighted by molar-refractivity contribution is 5.90. The largest absolute Gasteiger partial charge is 0.438 e. The van der Waals surface area contributed by atoms with Crippen molar-refractivity contribution in [3.05, 3.63) is 83.8 Å². The summed E-state index contributed by atoms with van der Waals surface area (Å²) in [6.45, 7) is 0.363. The highest BCUT2D eigenvalue weighted by Gasteiger charge is 2.35. The maximum Gasteiger partial charge on any atom is 0.417 e. The third kappa shape index (κ3) is 4.43. The molecule has 0 saturated carbocycles. The molecule has 1 saturated heterocycles. The first kappa shape index (κ1) is 22.8. The second-order valence-corrected chi connectivity index (χ2v) is 8.18. The normalized spacial score (nSPS) is 16.1. The molecule has 1 unspecified atom stereocenters. The van der Waals surface area contributed by atoms with Crippen molar-refractivity contribution in [3.8, 4) is 11.1 Å². The molecule has 0 aliphatic carbocycles. The summed E-state index contributed by atoms with van der Waals surface area (Å²) in [6, 6.07) is 11.6. The summed E-state index contributed by atoms with van der Waals surface area (Å²) >= 11 is 0. The van der Waals surface area contributed by atoms with Crippen LogP contribution in [0.3, 0.4) is 0 Å². The number of oxazole rings is 1. The summed E-state index contributed by atoms with van der Waals surface area (Å²) < 4.78 is 73.3. The molecule has 1 fully saturated rings. The molecule has 1 atom stereocenters. The van der Waals surface area contributed by atoms with Crippen LogP contribution in [0.4, 0.5) is 32.4 Å². The number of amides is 2. The maximum absolute atomic E-state index is 14.0. The van der Waals surface area contributed by atoms with Gasteiger partial charge < -0.3 is 14.6 Å². The van der Waals surface area contributed by atoms with Crippen molar-refractivity contribution in [1.29, 1.82) is 0 Å². The Morgan fingerprint density at radius 2 is 1.86 bits per heavy atom. The van der Waals surface area contributed by atoms with Crippen LogP contribution in [0.1, 0.15) is 30.3 Å². The van der Waals surface area contributed by atoms with E-state index < -0.39 is 35.4 Å². The SMILES string of the molecule is O=C(Nc1ccc(F)cc1F)N1CCCC1c1nc2cc(-c3ccccc3C(F)(F)F)ccc2o1. The van der Waals surface area contributed by atoms with Gasteiger partial charge in [0.25, 0.3) is 0 Å². The third-order valence-corrected chi connectivity index (χ3v) is 5.92. The Balaban J connectivity index is 1.43. The molecule has 1 aromatic heterocycles. The van der Waals surface area contributed by atoms with Crippen LogP contribution in [0.15, 0.2) is 65.1 Å². The number of urea groups is 1. The molecule has 4 aromatic rings. The topological polar surface area (TPSA) is 58.4 Å². The van der Waals surface area contributed by atoms with Crippen molar-refractivity contribution in [2.45, 2.75) is 25.1 Å². The number of halogens is 5. The number of hydrogen-bond donors (Lipinski definition) is 1. The quantitative estimate of drug-likeness (QED) is 0.312. The number of anilines is 1. The van der Waals surface area contributed by atoms with Crippen LogP contribution in [0.5, 0.6) is 0 Å². The molecule has 10 heteroatoms. The van der Waals surface area contributed by atoms with Crippen LogP contribution in [0.2, 0.25) is 0 Å². The molecule has 1 N–H and O–H groups in total. The smallest absolute Gasteiger partial charge is 0.417 e. The number of aromatic nitrogens is 1. The summed E-state index contributed by atoms with van der Waals surface area (Å²) in [4.78, 5) is 18.7. The van der Waals surface area contributed by atoms with Crippen molar-refractivity contribution < 1.29 is 31.2 Å². The Morgan fingerprint density at radius 3 is 2.63 bits per heavy atom. The molecule has 2 heterocycles. The highest BCUT2D eigenvalue weighted by Crippen LogP contribution is 2.39. The molecule has 2 amide bonds. The van der Waals surface area contributed by atoms with Crippen LogP contribution in [0.25, 0.3) is 22.2 Å². The zero-order valence-electron chi connectivity index (χ0n) is 18.1. The van der Waals surface area contributed by atoms with E-state index in [0.29, 0.717) is 42.1 Å². The minimum atomic E-state index is -4.51. The minimum absolute atomic E-state index is 0.0228. The maximum atomic E-state index is 14.0. The standard InChI is InChI=1S/C25H18F5N3O2/c26-15-8-9-19(18(27)13-15)32-24(34)33-11-3-6-21(33)23-31-20-12-14(7-10-22(20)35-23)16-4-1-2-5-17(16)25(28,29)30/h1-2,4-5,7-10,12-13,21H,3,6,11H2,(H,32,34). The van der Waals surface area contributed by atoms with Gasteiger partial charge >= 0.3 is 12.2 Å². The van der Waals surface area contributed by atoms with E-state index >= 15 is 0 Å².